The summed E-state index contributed by atoms with van der Waals surface area (Å²) in [6.45, 7) is 0. The second kappa shape index (κ2) is 4.81. The number of rotatable bonds is 2. The van der Waals surface area contributed by atoms with Crippen molar-refractivity contribution in [3.63, 3.8) is 0 Å². The van der Waals surface area contributed by atoms with Crippen molar-refractivity contribution in [2.75, 3.05) is 0 Å². The summed E-state index contributed by atoms with van der Waals surface area (Å²) in [4.78, 5) is 18.7. The van der Waals surface area contributed by atoms with Crippen molar-refractivity contribution in [3.05, 3.63) is 45.7 Å². The Labute approximate surface area is 110 Å². The van der Waals surface area contributed by atoms with Gasteiger partial charge in [-0.2, -0.15) is 0 Å². The molecule has 6 heteroatoms. The molecule has 0 fully saturated rings. The number of carboxylic acids is 1. The molecule has 0 unspecified atom stereocenters. The highest BCUT2D eigenvalue weighted by molar-refractivity contribution is 9.10. The van der Waals surface area contributed by atoms with E-state index in [0.717, 1.165) is 4.47 Å². The van der Waals surface area contributed by atoms with E-state index < -0.39 is 5.97 Å². The van der Waals surface area contributed by atoms with Crippen LogP contribution in [-0.2, 0) is 0 Å². The number of aromatic nitrogens is 2. The van der Waals surface area contributed by atoms with Crippen LogP contribution in [0, 0.1) is 0 Å². The smallest absolute Gasteiger partial charge is 0.354 e. The number of hydrogen-bond acceptors (Lipinski definition) is 3. The van der Waals surface area contributed by atoms with Crippen LogP contribution in [0.5, 0.6) is 0 Å². The van der Waals surface area contributed by atoms with Gasteiger partial charge in [0.2, 0.25) is 0 Å². The van der Waals surface area contributed by atoms with Crippen LogP contribution >= 0.6 is 27.5 Å². The number of carbonyl (C=O) groups is 1. The van der Waals surface area contributed by atoms with E-state index in [1.54, 1.807) is 12.1 Å². The van der Waals surface area contributed by atoms with Gasteiger partial charge < -0.3 is 5.11 Å². The highest BCUT2D eigenvalue weighted by Gasteiger charge is 2.10. The Morgan fingerprint density at radius 1 is 1.24 bits per heavy atom. The average molecular weight is 314 g/mol. The van der Waals surface area contributed by atoms with Crippen LogP contribution in [0.15, 0.2) is 34.8 Å². The molecule has 0 saturated heterocycles. The Bertz CT molecular complexity index is 572. The van der Waals surface area contributed by atoms with Crippen LogP contribution in [-0.4, -0.2) is 21.0 Å². The van der Waals surface area contributed by atoms with Crippen LogP contribution in [0.2, 0.25) is 5.15 Å². The van der Waals surface area contributed by atoms with Gasteiger partial charge in [-0.05, 0) is 12.1 Å². The highest BCUT2D eigenvalue weighted by atomic mass is 79.9. The van der Waals surface area contributed by atoms with Gasteiger partial charge in [-0.25, -0.2) is 14.8 Å². The van der Waals surface area contributed by atoms with E-state index in [4.69, 9.17) is 16.7 Å². The summed E-state index contributed by atoms with van der Waals surface area (Å²) in [5.41, 5.74) is 0.584. The first-order chi connectivity index (χ1) is 8.06. The summed E-state index contributed by atoms with van der Waals surface area (Å²) < 4.78 is 0.918. The first-order valence-corrected chi connectivity index (χ1v) is 5.77. The predicted octanol–water partition coefficient (Wildman–Crippen LogP) is 3.26. The quantitative estimate of drug-likeness (QED) is 0.864. The van der Waals surface area contributed by atoms with Crippen LogP contribution < -0.4 is 0 Å². The molecular weight excluding hydrogens is 307 g/mol. The van der Waals surface area contributed by atoms with E-state index in [1.165, 1.54) is 6.07 Å². The van der Waals surface area contributed by atoms with Crippen molar-refractivity contribution in [2.45, 2.75) is 0 Å². The molecule has 0 aliphatic carbocycles. The second-order valence-corrected chi connectivity index (χ2v) is 4.51. The summed E-state index contributed by atoms with van der Waals surface area (Å²) in [6, 6.07) is 8.41. The normalized spacial score (nSPS) is 10.2. The molecule has 0 aliphatic heterocycles. The maximum absolute atomic E-state index is 10.8. The fourth-order valence-electron chi connectivity index (χ4n) is 1.26. The highest BCUT2D eigenvalue weighted by Crippen LogP contribution is 2.20. The van der Waals surface area contributed by atoms with Gasteiger partial charge in [0, 0.05) is 16.1 Å². The van der Waals surface area contributed by atoms with Gasteiger partial charge in [0.15, 0.2) is 11.5 Å². The first-order valence-electron chi connectivity index (χ1n) is 4.60. The Morgan fingerprint density at radius 2 is 1.88 bits per heavy atom. The largest absolute Gasteiger partial charge is 0.477 e. The molecule has 1 heterocycles. The standard InChI is InChI=1S/C11H6BrClN2O2/c12-7-3-1-6(2-4-7)10-14-8(11(16)17)5-9(13)15-10/h1-5H,(H,16,17). The van der Waals surface area contributed by atoms with Gasteiger partial charge in [-0.15, -0.1) is 0 Å². The summed E-state index contributed by atoms with van der Waals surface area (Å²) in [5.74, 6) is -0.838. The van der Waals surface area contributed by atoms with E-state index in [0.29, 0.717) is 11.4 Å². The van der Waals surface area contributed by atoms with Crippen molar-refractivity contribution < 1.29 is 9.90 Å². The molecule has 0 radical (unpaired) electrons. The molecule has 1 aromatic carbocycles. The van der Waals surface area contributed by atoms with Crippen molar-refractivity contribution in [1.82, 2.24) is 9.97 Å². The SMILES string of the molecule is O=C(O)c1cc(Cl)nc(-c2ccc(Br)cc2)n1. The third-order valence-corrected chi connectivity index (χ3v) is 2.74. The van der Waals surface area contributed by atoms with Crippen LogP contribution in [0.3, 0.4) is 0 Å². The van der Waals surface area contributed by atoms with E-state index >= 15 is 0 Å². The van der Waals surface area contributed by atoms with Crippen molar-refractivity contribution >= 4 is 33.5 Å². The van der Waals surface area contributed by atoms with Gasteiger partial charge in [-0.1, -0.05) is 39.7 Å². The van der Waals surface area contributed by atoms with Crippen molar-refractivity contribution in [2.24, 2.45) is 0 Å². The van der Waals surface area contributed by atoms with Crippen molar-refractivity contribution in [3.8, 4) is 11.4 Å². The Morgan fingerprint density at radius 3 is 2.47 bits per heavy atom. The van der Waals surface area contributed by atoms with Crippen molar-refractivity contribution in [1.29, 1.82) is 0 Å². The lowest BCUT2D eigenvalue weighted by Crippen LogP contribution is -2.03. The maximum Gasteiger partial charge on any atom is 0.354 e. The predicted molar refractivity (Wildman–Crippen MR) is 67.1 cm³/mol. The molecule has 1 N–H and O–H groups in total. The molecule has 0 bridgehead atoms. The number of aromatic carboxylic acids is 1. The molecule has 17 heavy (non-hydrogen) atoms. The fraction of sp³-hybridized carbons (Fsp3) is 0. The summed E-state index contributed by atoms with van der Waals surface area (Å²) >= 11 is 9.06. The number of nitrogens with zero attached hydrogens (tertiary/aromatic N) is 2. The molecule has 0 saturated carbocycles. The summed E-state index contributed by atoms with van der Waals surface area (Å²) in [6.07, 6.45) is 0. The first kappa shape index (κ1) is 12.0. The minimum atomic E-state index is -1.13. The summed E-state index contributed by atoms with van der Waals surface area (Å²) in [5, 5.41) is 8.98. The van der Waals surface area contributed by atoms with Gasteiger partial charge >= 0.3 is 5.97 Å². The molecule has 0 amide bonds. The Hall–Kier alpha value is -1.46. The van der Waals surface area contributed by atoms with Gasteiger partial charge in [-0.3, -0.25) is 0 Å². The van der Waals surface area contributed by atoms with E-state index in [2.05, 4.69) is 25.9 Å². The Balaban J connectivity index is 2.51. The second-order valence-electron chi connectivity index (χ2n) is 3.21. The molecule has 1 aromatic heterocycles. The molecule has 0 atom stereocenters. The molecule has 4 nitrogen and oxygen atoms in total. The van der Waals surface area contributed by atoms with Gasteiger partial charge in [0.1, 0.15) is 5.15 Å². The molecule has 2 rings (SSSR count). The minimum absolute atomic E-state index is 0.107. The van der Waals surface area contributed by atoms with Gasteiger partial charge in [0.05, 0.1) is 0 Å². The monoisotopic (exact) mass is 312 g/mol. The third kappa shape index (κ3) is 2.81. The lowest BCUT2D eigenvalue weighted by atomic mass is 10.2. The number of halogens is 2. The lowest BCUT2D eigenvalue weighted by Gasteiger charge is -2.02. The number of benzene rings is 1. The van der Waals surface area contributed by atoms with E-state index in [9.17, 15) is 4.79 Å². The number of carboxylic acid groups (broad SMARTS) is 1. The summed E-state index contributed by atoms with van der Waals surface area (Å²) in [7, 11) is 0. The number of hydrogen-bond donors (Lipinski definition) is 1. The van der Waals surface area contributed by atoms with Crippen LogP contribution in [0.4, 0.5) is 0 Å². The molecular formula is C11H6BrClN2O2. The van der Waals surface area contributed by atoms with Crippen LogP contribution in [0.25, 0.3) is 11.4 Å². The fourth-order valence-corrected chi connectivity index (χ4v) is 1.70. The lowest BCUT2D eigenvalue weighted by molar-refractivity contribution is 0.0690. The molecule has 0 aliphatic rings. The molecule has 0 spiro atoms. The third-order valence-electron chi connectivity index (χ3n) is 2.02. The molecule has 86 valence electrons. The zero-order valence-corrected chi connectivity index (χ0v) is 10.7. The zero-order chi connectivity index (χ0) is 12.4. The zero-order valence-electron chi connectivity index (χ0n) is 8.39. The Kier molecular flexibility index (Phi) is 3.40. The molecule has 2 aromatic rings. The maximum atomic E-state index is 10.8. The van der Waals surface area contributed by atoms with E-state index in [-0.39, 0.29) is 10.8 Å². The minimum Gasteiger partial charge on any atom is -0.477 e. The van der Waals surface area contributed by atoms with Crippen LogP contribution in [0.1, 0.15) is 10.5 Å². The van der Waals surface area contributed by atoms with E-state index in [1.807, 2.05) is 12.1 Å². The average Bonchev–Trinajstić information content (AvgIpc) is 2.29. The van der Waals surface area contributed by atoms with Gasteiger partial charge in [0.25, 0.3) is 0 Å². The topological polar surface area (TPSA) is 63.1 Å².